The lowest BCUT2D eigenvalue weighted by Gasteiger charge is -2.14. The molecule has 0 bridgehead atoms. The van der Waals surface area contributed by atoms with Crippen LogP contribution in [0.1, 0.15) is 23.2 Å². The lowest BCUT2D eigenvalue weighted by atomic mass is 10.1. The topological polar surface area (TPSA) is 88.5 Å². The van der Waals surface area contributed by atoms with Crippen molar-refractivity contribution in [3.8, 4) is 11.4 Å². The number of imidazole rings is 1. The molecule has 0 fully saturated rings. The standard InChI is InChI=1S/C17H13Cl2N5O2/c1-9-15(21-22-24(9)10-3-5-14(25)13(19)6-10)17(26)16-12(18)4-2-11-7-20-8-23(11)16/h2-8,17,25-26H,1H3/t17-/m0/s1. The smallest absolute Gasteiger partial charge is 0.141 e. The average molecular weight is 390 g/mol. The maximum absolute atomic E-state index is 10.9. The van der Waals surface area contributed by atoms with E-state index in [1.165, 1.54) is 10.7 Å². The molecular formula is C17H13Cl2N5O2. The van der Waals surface area contributed by atoms with E-state index < -0.39 is 6.10 Å². The van der Waals surface area contributed by atoms with E-state index in [1.807, 2.05) is 6.07 Å². The highest BCUT2D eigenvalue weighted by molar-refractivity contribution is 6.32. The molecule has 0 aliphatic carbocycles. The van der Waals surface area contributed by atoms with Crippen LogP contribution in [0.4, 0.5) is 0 Å². The molecule has 0 amide bonds. The summed E-state index contributed by atoms with van der Waals surface area (Å²) >= 11 is 12.3. The van der Waals surface area contributed by atoms with Crippen LogP contribution in [0.25, 0.3) is 11.2 Å². The van der Waals surface area contributed by atoms with Gasteiger partial charge in [-0.3, -0.25) is 4.40 Å². The molecule has 0 aliphatic heterocycles. The largest absolute Gasteiger partial charge is 0.506 e. The van der Waals surface area contributed by atoms with Gasteiger partial charge in [-0.1, -0.05) is 28.4 Å². The summed E-state index contributed by atoms with van der Waals surface area (Å²) in [4.78, 5) is 4.09. The summed E-state index contributed by atoms with van der Waals surface area (Å²) in [6, 6.07) is 8.21. The van der Waals surface area contributed by atoms with Crippen molar-refractivity contribution < 1.29 is 10.2 Å². The molecule has 0 saturated heterocycles. The van der Waals surface area contributed by atoms with E-state index in [9.17, 15) is 10.2 Å². The molecule has 3 aromatic heterocycles. The van der Waals surface area contributed by atoms with E-state index in [0.29, 0.717) is 27.8 Å². The lowest BCUT2D eigenvalue weighted by molar-refractivity contribution is 0.208. The number of hydrogen-bond donors (Lipinski definition) is 2. The SMILES string of the molecule is Cc1c([C@H](O)c2c(Cl)ccc3cncn23)nnn1-c1ccc(O)c(Cl)c1. The molecule has 1 aromatic carbocycles. The van der Waals surface area contributed by atoms with Crippen LogP contribution in [0.2, 0.25) is 10.0 Å². The molecule has 0 unspecified atom stereocenters. The third-order valence-corrected chi connectivity index (χ3v) is 4.82. The van der Waals surface area contributed by atoms with Crippen molar-refractivity contribution in [3.05, 3.63) is 70.0 Å². The summed E-state index contributed by atoms with van der Waals surface area (Å²) in [5.74, 6) is -0.0213. The van der Waals surface area contributed by atoms with Crippen LogP contribution in [0.5, 0.6) is 5.75 Å². The van der Waals surface area contributed by atoms with E-state index in [4.69, 9.17) is 23.2 Å². The van der Waals surface area contributed by atoms with Crippen LogP contribution >= 0.6 is 23.2 Å². The number of aliphatic hydroxyl groups is 1. The fraction of sp³-hybridized carbons (Fsp3) is 0.118. The zero-order chi connectivity index (χ0) is 18.4. The number of aromatic hydroxyl groups is 1. The molecule has 132 valence electrons. The summed E-state index contributed by atoms with van der Waals surface area (Å²) in [5, 5.41) is 29.3. The lowest BCUT2D eigenvalue weighted by Crippen LogP contribution is -2.09. The minimum Gasteiger partial charge on any atom is -0.506 e. The molecule has 1 atom stereocenters. The number of aliphatic hydroxyl groups excluding tert-OH is 1. The first-order valence-corrected chi connectivity index (χ1v) is 8.42. The van der Waals surface area contributed by atoms with Crippen molar-refractivity contribution in [1.82, 2.24) is 24.4 Å². The molecule has 0 aliphatic rings. The zero-order valence-corrected chi connectivity index (χ0v) is 15.0. The molecule has 4 rings (SSSR count). The monoisotopic (exact) mass is 389 g/mol. The molecule has 2 N–H and O–H groups in total. The van der Waals surface area contributed by atoms with Crippen LogP contribution in [-0.2, 0) is 0 Å². The van der Waals surface area contributed by atoms with Gasteiger partial charge in [-0.25, -0.2) is 9.67 Å². The van der Waals surface area contributed by atoms with Crippen molar-refractivity contribution in [3.63, 3.8) is 0 Å². The van der Waals surface area contributed by atoms with Crippen LogP contribution < -0.4 is 0 Å². The van der Waals surface area contributed by atoms with Crippen molar-refractivity contribution in [2.45, 2.75) is 13.0 Å². The predicted octanol–water partition coefficient (Wildman–Crippen LogP) is 3.32. The van der Waals surface area contributed by atoms with E-state index in [-0.39, 0.29) is 10.8 Å². The third-order valence-electron chi connectivity index (χ3n) is 4.20. The Labute approximate surface area is 158 Å². The Morgan fingerprint density at radius 2 is 1.92 bits per heavy atom. The minimum atomic E-state index is -1.10. The van der Waals surface area contributed by atoms with Gasteiger partial charge in [0.25, 0.3) is 0 Å². The van der Waals surface area contributed by atoms with Gasteiger partial charge < -0.3 is 10.2 Å². The molecule has 4 aromatic rings. The first kappa shape index (κ1) is 16.8. The number of pyridine rings is 1. The van der Waals surface area contributed by atoms with Gasteiger partial charge in [-0.15, -0.1) is 5.10 Å². The Kier molecular flexibility index (Phi) is 4.07. The van der Waals surface area contributed by atoms with Gasteiger partial charge in [0, 0.05) is 0 Å². The average Bonchev–Trinajstić information content (AvgIpc) is 3.23. The van der Waals surface area contributed by atoms with Gasteiger partial charge in [-0.2, -0.15) is 0 Å². The van der Waals surface area contributed by atoms with Gasteiger partial charge in [0.05, 0.1) is 45.2 Å². The van der Waals surface area contributed by atoms with Crippen LogP contribution in [-0.4, -0.2) is 34.6 Å². The number of rotatable bonds is 3. The second-order valence-electron chi connectivity index (χ2n) is 5.77. The first-order valence-electron chi connectivity index (χ1n) is 7.67. The van der Waals surface area contributed by atoms with E-state index in [1.54, 1.807) is 42.0 Å². The van der Waals surface area contributed by atoms with Gasteiger partial charge in [-0.05, 0) is 37.3 Å². The predicted molar refractivity (Wildman–Crippen MR) is 97.0 cm³/mol. The quantitative estimate of drug-likeness (QED) is 0.560. The van der Waals surface area contributed by atoms with Gasteiger partial charge in [0.2, 0.25) is 0 Å². The fourth-order valence-corrected chi connectivity index (χ4v) is 3.28. The molecule has 9 heteroatoms. The molecule has 26 heavy (non-hydrogen) atoms. The molecule has 3 heterocycles. The Bertz CT molecular complexity index is 1120. The molecule has 0 radical (unpaired) electrons. The number of hydrogen-bond acceptors (Lipinski definition) is 5. The normalized spacial score (nSPS) is 12.6. The van der Waals surface area contributed by atoms with Crippen molar-refractivity contribution in [2.75, 3.05) is 0 Å². The number of nitrogens with zero attached hydrogens (tertiary/aromatic N) is 5. The summed E-state index contributed by atoms with van der Waals surface area (Å²) in [6.45, 7) is 1.78. The van der Waals surface area contributed by atoms with Crippen molar-refractivity contribution in [2.24, 2.45) is 0 Å². The maximum Gasteiger partial charge on any atom is 0.141 e. The summed E-state index contributed by atoms with van der Waals surface area (Å²) in [6.07, 6.45) is 2.16. The molecule has 0 spiro atoms. The van der Waals surface area contributed by atoms with Crippen LogP contribution in [0.3, 0.4) is 0 Å². The molecule has 7 nitrogen and oxygen atoms in total. The highest BCUT2D eigenvalue weighted by Gasteiger charge is 2.24. The maximum atomic E-state index is 10.9. The van der Waals surface area contributed by atoms with Gasteiger partial charge in [0.1, 0.15) is 17.5 Å². The number of halogens is 2. The number of aromatic nitrogens is 5. The minimum absolute atomic E-state index is 0.0213. The number of fused-ring (bicyclic) bond motifs is 1. The van der Waals surface area contributed by atoms with Crippen molar-refractivity contribution in [1.29, 1.82) is 0 Å². The number of benzene rings is 1. The molecule has 0 saturated carbocycles. The Balaban J connectivity index is 1.81. The van der Waals surface area contributed by atoms with Crippen LogP contribution in [0.15, 0.2) is 42.9 Å². The Morgan fingerprint density at radius 3 is 2.69 bits per heavy atom. The van der Waals surface area contributed by atoms with Crippen LogP contribution in [0, 0.1) is 6.92 Å². The Hall–Kier alpha value is -2.61. The second-order valence-corrected chi connectivity index (χ2v) is 6.58. The van der Waals surface area contributed by atoms with Crippen molar-refractivity contribution >= 4 is 28.7 Å². The molecular weight excluding hydrogens is 377 g/mol. The van der Waals surface area contributed by atoms with Gasteiger partial charge >= 0.3 is 0 Å². The summed E-state index contributed by atoms with van der Waals surface area (Å²) in [5.41, 5.74) is 2.85. The summed E-state index contributed by atoms with van der Waals surface area (Å²) in [7, 11) is 0. The highest BCUT2D eigenvalue weighted by atomic mass is 35.5. The summed E-state index contributed by atoms with van der Waals surface area (Å²) < 4.78 is 3.24. The van der Waals surface area contributed by atoms with Gasteiger partial charge in [0.15, 0.2) is 0 Å². The zero-order valence-electron chi connectivity index (χ0n) is 13.5. The third kappa shape index (κ3) is 2.61. The first-order chi connectivity index (χ1) is 12.5. The second kappa shape index (κ2) is 6.28. The number of phenolic OH excluding ortho intramolecular Hbond substituents is 1. The Morgan fingerprint density at radius 1 is 1.12 bits per heavy atom. The highest BCUT2D eigenvalue weighted by Crippen LogP contribution is 2.31. The van der Waals surface area contributed by atoms with E-state index in [0.717, 1.165) is 5.52 Å². The number of phenols is 1. The fourth-order valence-electron chi connectivity index (χ4n) is 2.85. The van der Waals surface area contributed by atoms with E-state index >= 15 is 0 Å². The van der Waals surface area contributed by atoms with E-state index in [2.05, 4.69) is 15.3 Å².